The summed E-state index contributed by atoms with van der Waals surface area (Å²) in [6, 6.07) is 5.72. The summed E-state index contributed by atoms with van der Waals surface area (Å²) < 4.78 is 24.9. The molecule has 0 aromatic carbocycles. The molecule has 2 aromatic rings. The maximum Gasteiger partial charge on any atom is 0.280 e. The first-order valence-corrected chi connectivity index (χ1v) is 5.04. The van der Waals surface area contributed by atoms with E-state index in [1.807, 2.05) is 0 Å². The Balaban J connectivity index is 2.20. The second-order valence-corrected chi connectivity index (χ2v) is 3.43. The van der Waals surface area contributed by atoms with Gasteiger partial charge in [0.15, 0.2) is 0 Å². The van der Waals surface area contributed by atoms with Crippen molar-refractivity contribution >= 4 is 17.2 Å². The van der Waals surface area contributed by atoms with Gasteiger partial charge in [-0.15, -0.1) is 0 Å². The first-order valence-electron chi connectivity index (χ1n) is 5.04. The van der Waals surface area contributed by atoms with Gasteiger partial charge in [-0.3, -0.25) is 4.98 Å². The van der Waals surface area contributed by atoms with Crippen LogP contribution in [0.4, 0.5) is 26.0 Å². The van der Waals surface area contributed by atoms with Crippen LogP contribution in [0.15, 0.2) is 36.7 Å². The molecule has 0 saturated carbocycles. The highest BCUT2D eigenvalue weighted by molar-refractivity contribution is 5.60. The molecule has 7 heteroatoms. The van der Waals surface area contributed by atoms with E-state index in [1.54, 1.807) is 5.48 Å². The van der Waals surface area contributed by atoms with Crippen molar-refractivity contribution in [3.05, 3.63) is 47.6 Å². The Morgan fingerprint density at radius 1 is 1.06 bits per heavy atom. The number of halogens is 2. The molecule has 0 bridgehead atoms. The van der Waals surface area contributed by atoms with E-state index in [9.17, 15) is 14.0 Å². The van der Waals surface area contributed by atoms with Crippen molar-refractivity contribution < 1.29 is 8.78 Å². The summed E-state index contributed by atoms with van der Waals surface area (Å²) >= 11 is 0. The van der Waals surface area contributed by atoms with Gasteiger partial charge < -0.3 is 16.0 Å². The molecule has 18 heavy (non-hydrogen) atoms. The van der Waals surface area contributed by atoms with E-state index >= 15 is 0 Å². The van der Waals surface area contributed by atoms with E-state index in [-0.39, 0.29) is 5.69 Å². The van der Waals surface area contributed by atoms with Crippen molar-refractivity contribution in [3.63, 3.8) is 0 Å². The van der Waals surface area contributed by atoms with Crippen LogP contribution in [0.5, 0.6) is 0 Å². The van der Waals surface area contributed by atoms with Gasteiger partial charge in [0.25, 0.3) is 6.43 Å². The average Bonchev–Trinajstić information content (AvgIpc) is 2.39. The van der Waals surface area contributed by atoms with Gasteiger partial charge in [-0.05, 0) is 18.2 Å². The summed E-state index contributed by atoms with van der Waals surface area (Å²) in [5, 5.41) is 13.3. The van der Waals surface area contributed by atoms with Gasteiger partial charge in [0.2, 0.25) is 0 Å². The van der Waals surface area contributed by atoms with Crippen molar-refractivity contribution in [1.82, 2.24) is 9.97 Å². The number of aromatic nitrogens is 2. The van der Waals surface area contributed by atoms with E-state index in [0.29, 0.717) is 17.2 Å². The molecule has 2 rings (SSSR count). The number of hydrogen-bond donors (Lipinski definition) is 2. The van der Waals surface area contributed by atoms with Crippen molar-refractivity contribution in [2.45, 2.75) is 6.43 Å². The smallest absolute Gasteiger partial charge is 0.280 e. The lowest BCUT2D eigenvalue weighted by Crippen LogP contribution is -1.97. The van der Waals surface area contributed by atoms with E-state index in [4.69, 9.17) is 0 Å². The molecule has 0 aliphatic rings. The second-order valence-electron chi connectivity index (χ2n) is 3.43. The number of hydrogen-bond acceptors (Lipinski definition) is 5. The van der Waals surface area contributed by atoms with Crippen LogP contribution in [-0.2, 0) is 0 Å². The molecule has 2 aromatic heterocycles. The Hall–Kier alpha value is -2.28. The second kappa shape index (κ2) is 5.37. The number of anilines is 3. The Morgan fingerprint density at radius 2 is 1.78 bits per heavy atom. The quantitative estimate of drug-likeness (QED) is 0.817. The van der Waals surface area contributed by atoms with Gasteiger partial charge in [0.05, 0.1) is 0 Å². The maximum atomic E-state index is 12.4. The van der Waals surface area contributed by atoms with Crippen LogP contribution in [0, 0.1) is 5.21 Å². The first kappa shape index (κ1) is 12.2. The Labute approximate surface area is 101 Å². The number of nitrogens with one attached hydrogen (secondary N) is 2. The van der Waals surface area contributed by atoms with Gasteiger partial charge in [-0.2, -0.15) is 0 Å². The predicted octanol–water partition coefficient (Wildman–Crippen LogP) is 3.07. The van der Waals surface area contributed by atoms with E-state index < -0.39 is 6.43 Å². The molecule has 5 nitrogen and oxygen atoms in total. The zero-order chi connectivity index (χ0) is 13.0. The SMILES string of the molecule is [O-]Nc1ccnc(Nc2ccnc(C(F)F)c2)c1. The third-order valence-corrected chi connectivity index (χ3v) is 2.15. The monoisotopic (exact) mass is 251 g/mol. The molecule has 0 amide bonds. The van der Waals surface area contributed by atoms with Crippen LogP contribution < -0.4 is 10.8 Å². The van der Waals surface area contributed by atoms with Crippen LogP contribution in [0.3, 0.4) is 0 Å². The summed E-state index contributed by atoms with van der Waals surface area (Å²) in [5.74, 6) is 0.377. The van der Waals surface area contributed by atoms with Crippen LogP contribution in [0.1, 0.15) is 12.1 Å². The minimum Gasteiger partial charge on any atom is -0.761 e. The van der Waals surface area contributed by atoms with Gasteiger partial charge in [0, 0.05) is 29.8 Å². The highest BCUT2D eigenvalue weighted by Crippen LogP contribution is 2.22. The fourth-order valence-electron chi connectivity index (χ4n) is 1.36. The minimum atomic E-state index is -2.63. The Bertz CT molecular complexity index is 536. The fraction of sp³-hybridized carbons (Fsp3) is 0.0909. The number of alkyl halides is 2. The summed E-state index contributed by atoms with van der Waals surface area (Å²) in [6.07, 6.45) is 0.0754. The fourth-order valence-corrected chi connectivity index (χ4v) is 1.36. The Morgan fingerprint density at radius 3 is 2.50 bits per heavy atom. The average molecular weight is 251 g/mol. The highest BCUT2D eigenvalue weighted by atomic mass is 19.3. The minimum absolute atomic E-state index is 0.321. The molecular formula is C11H9F2N4O-. The van der Waals surface area contributed by atoms with Crippen molar-refractivity contribution in [2.24, 2.45) is 0 Å². The molecule has 0 fully saturated rings. The van der Waals surface area contributed by atoms with Crippen LogP contribution in [0.2, 0.25) is 0 Å². The zero-order valence-electron chi connectivity index (χ0n) is 9.10. The standard InChI is InChI=1S/C11H9F2N4O/c12-11(13)9-5-7(1-3-14-9)16-10-6-8(17-18)2-4-15-10/h1-6,11H,(H2-,14,15,16,17,18)/q-1. The number of rotatable bonds is 4. The molecule has 0 atom stereocenters. The summed E-state index contributed by atoms with van der Waals surface area (Å²) in [7, 11) is 0. The van der Waals surface area contributed by atoms with Crippen LogP contribution in [0.25, 0.3) is 0 Å². The van der Waals surface area contributed by atoms with E-state index in [2.05, 4.69) is 15.3 Å². The third kappa shape index (κ3) is 2.89. The molecule has 2 N–H and O–H groups in total. The topological polar surface area (TPSA) is 72.9 Å². The Kier molecular flexibility index (Phi) is 3.63. The lowest BCUT2D eigenvalue weighted by Gasteiger charge is -2.11. The van der Waals surface area contributed by atoms with Gasteiger partial charge in [-0.25, -0.2) is 13.8 Å². The predicted molar refractivity (Wildman–Crippen MR) is 63.7 cm³/mol. The van der Waals surface area contributed by atoms with Gasteiger partial charge in [0.1, 0.15) is 11.5 Å². The van der Waals surface area contributed by atoms with Crippen molar-refractivity contribution in [1.29, 1.82) is 0 Å². The van der Waals surface area contributed by atoms with Gasteiger partial charge >= 0.3 is 0 Å². The number of pyridine rings is 2. The largest absolute Gasteiger partial charge is 0.761 e. The summed E-state index contributed by atoms with van der Waals surface area (Å²) in [5.41, 5.74) is 2.16. The van der Waals surface area contributed by atoms with Gasteiger partial charge in [-0.1, -0.05) is 0 Å². The summed E-state index contributed by atoms with van der Waals surface area (Å²) in [6.45, 7) is 0. The molecule has 0 radical (unpaired) electrons. The molecule has 0 aliphatic carbocycles. The van der Waals surface area contributed by atoms with E-state index in [0.717, 1.165) is 0 Å². The lowest BCUT2D eigenvalue weighted by atomic mass is 10.3. The molecular weight excluding hydrogens is 242 g/mol. The molecule has 2 heterocycles. The normalized spacial score (nSPS) is 10.4. The zero-order valence-corrected chi connectivity index (χ0v) is 9.10. The van der Waals surface area contributed by atoms with Crippen molar-refractivity contribution in [2.75, 3.05) is 10.8 Å². The van der Waals surface area contributed by atoms with Crippen LogP contribution >= 0.6 is 0 Å². The number of nitrogens with zero attached hydrogens (tertiary/aromatic N) is 2. The molecule has 0 aliphatic heterocycles. The third-order valence-electron chi connectivity index (χ3n) is 2.15. The first-order chi connectivity index (χ1) is 8.69. The molecule has 0 saturated heterocycles. The molecule has 94 valence electrons. The van der Waals surface area contributed by atoms with Crippen molar-refractivity contribution in [3.8, 4) is 0 Å². The van der Waals surface area contributed by atoms with Crippen LogP contribution in [-0.4, -0.2) is 9.97 Å². The molecule has 0 unspecified atom stereocenters. The summed E-state index contributed by atoms with van der Waals surface area (Å²) in [4.78, 5) is 7.50. The highest BCUT2D eigenvalue weighted by Gasteiger charge is 2.09. The van der Waals surface area contributed by atoms with E-state index in [1.165, 1.54) is 36.7 Å². The molecule has 0 spiro atoms. The maximum absolute atomic E-state index is 12.4. The lowest BCUT2D eigenvalue weighted by molar-refractivity contribution is 0.146.